The van der Waals surface area contributed by atoms with Crippen LogP contribution in [0.5, 0.6) is 5.75 Å². The van der Waals surface area contributed by atoms with Crippen molar-refractivity contribution >= 4 is 15.9 Å². The number of rotatable bonds is 1. The van der Waals surface area contributed by atoms with Crippen LogP contribution in [0.2, 0.25) is 0 Å². The van der Waals surface area contributed by atoms with E-state index in [1.54, 1.807) is 0 Å². The van der Waals surface area contributed by atoms with Crippen molar-refractivity contribution in [1.29, 1.82) is 5.26 Å². The second kappa shape index (κ2) is 3.55. The van der Waals surface area contributed by atoms with Crippen molar-refractivity contribution in [2.75, 3.05) is 7.11 Å². The Bertz CT molecular complexity index is 346. The summed E-state index contributed by atoms with van der Waals surface area (Å²) in [5.74, 6) is -0.0990. The third kappa shape index (κ3) is 1.41. The van der Waals surface area contributed by atoms with Gasteiger partial charge in [0.1, 0.15) is 23.2 Å². The van der Waals surface area contributed by atoms with Crippen molar-refractivity contribution in [3.63, 3.8) is 0 Å². The van der Waals surface area contributed by atoms with E-state index in [0.29, 0.717) is 5.75 Å². The van der Waals surface area contributed by atoms with Crippen molar-refractivity contribution in [2.45, 2.75) is 0 Å². The van der Waals surface area contributed by atoms with Gasteiger partial charge in [0, 0.05) is 0 Å². The Morgan fingerprint density at radius 1 is 1.58 bits per heavy atom. The number of methoxy groups -OCH3 is 1. The second-order valence-corrected chi connectivity index (χ2v) is 2.84. The van der Waals surface area contributed by atoms with Crippen molar-refractivity contribution in [3.05, 3.63) is 28.0 Å². The third-order valence-corrected chi connectivity index (χ3v) is 2.16. The van der Waals surface area contributed by atoms with E-state index >= 15 is 0 Å². The Kier molecular flexibility index (Phi) is 2.66. The molecule has 0 heterocycles. The maximum absolute atomic E-state index is 12.8. The molecule has 0 amide bonds. The van der Waals surface area contributed by atoms with Gasteiger partial charge in [0.25, 0.3) is 0 Å². The van der Waals surface area contributed by atoms with E-state index in [2.05, 4.69) is 15.9 Å². The number of hydrogen-bond acceptors (Lipinski definition) is 2. The first-order valence-corrected chi connectivity index (χ1v) is 3.92. The Hall–Kier alpha value is -1.08. The van der Waals surface area contributed by atoms with Crippen LogP contribution in [0.1, 0.15) is 5.56 Å². The van der Waals surface area contributed by atoms with Gasteiger partial charge in [-0.15, -0.1) is 0 Å². The zero-order valence-corrected chi connectivity index (χ0v) is 7.85. The number of nitriles is 1. The summed E-state index contributed by atoms with van der Waals surface area (Å²) in [6.45, 7) is 0. The molecule has 0 unspecified atom stereocenters. The van der Waals surface area contributed by atoms with Gasteiger partial charge in [-0.25, -0.2) is 4.39 Å². The van der Waals surface area contributed by atoms with Gasteiger partial charge in [-0.05, 0) is 28.1 Å². The van der Waals surface area contributed by atoms with E-state index in [4.69, 9.17) is 10.00 Å². The fourth-order valence-electron chi connectivity index (χ4n) is 0.807. The fourth-order valence-corrected chi connectivity index (χ4v) is 1.22. The molecule has 62 valence electrons. The lowest BCUT2D eigenvalue weighted by Crippen LogP contribution is -1.90. The molecule has 0 aliphatic rings. The van der Waals surface area contributed by atoms with Crippen LogP contribution < -0.4 is 4.74 Å². The van der Waals surface area contributed by atoms with Crippen LogP contribution in [-0.2, 0) is 0 Å². The lowest BCUT2D eigenvalue weighted by molar-refractivity contribution is 0.412. The monoisotopic (exact) mass is 229 g/mol. The number of ether oxygens (including phenoxy) is 1. The van der Waals surface area contributed by atoms with Gasteiger partial charge in [0.05, 0.1) is 11.6 Å². The van der Waals surface area contributed by atoms with Crippen LogP contribution in [0, 0.1) is 17.1 Å². The highest BCUT2D eigenvalue weighted by Crippen LogP contribution is 2.28. The Balaban J connectivity index is 3.38. The van der Waals surface area contributed by atoms with Gasteiger partial charge < -0.3 is 4.74 Å². The van der Waals surface area contributed by atoms with Crippen LogP contribution in [0.15, 0.2) is 16.6 Å². The molecule has 1 aromatic rings. The molecular weight excluding hydrogens is 225 g/mol. The van der Waals surface area contributed by atoms with E-state index in [-0.39, 0.29) is 10.0 Å². The summed E-state index contributed by atoms with van der Waals surface area (Å²) in [5, 5.41) is 8.63. The van der Waals surface area contributed by atoms with E-state index in [1.165, 1.54) is 19.2 Å². The largest absolute Gasteiger partial charge is 0.495 e. The molecule has 0 aliphatic heterocycles. The molecule has 0 spiro atoms. The molecule has 12 heavy (non-hydrogen) atoms. The first-order valence-electron chi connectivity index (χ1n) is 3.12. The second-order valence-electron chi connectivity index (χ2n) is 2.05. The van der Waals surface area contributed by atoms with Crippen LogP contribution in [0.3, 0.4) is 0 Å². The predicted octanol–water partition coefficient (Wildman–Crippen LogP) is 2.47. The Morgan fingerprint density at radius 3 is 2.75 bits per heavy atom. The maximum Gasteiger partial charge on any atom is 0.139 e. The van der Waals surface area contributed by atoms with Gasteiger partial charge in [-0.3, -0.25) is 0 Å². The molecule has 4 heteroatoms. The van der Waals surface area contributed by atoms with E-state index in [0.717, 1.165) is 0 Å². The molecule has 0 radical (unpaired) electrons. The smallest absolute Gasteiger partial charge is 0.139 e. The molecule has 0 fully saturated rings. The van der Waals surface area contributed by atoms with Crippen LogP contribution in [0.25, 0.3) is 0 Å². The molecule has 0 atom stereocenters. The highest BCUT2D eigenvalue weighted by Gasteiger charge is 2.10. The zero-order chi connectivity index (χ0) is 9.14. The average molecular weight is 230 g/mol. The number of nitrogens with zero attached hydrogens (tertiary/aromatic N) is 1. The maximum atomic E-state index is 12.8. The molecule has 0 N–H and O–H groups in total. The van der Waals surface area contributed by atoms with Crippen molar-refractivity contribution in [1.82, 2.24) is 0 Å². The lowest BCUT2D eigenvalue weighted by Gasteiger charge is -2.03. The molecule has 0 aromatic heterocycles. The SMILES string of the molecule is COc1ccc(F)c(Br)c1C#N. The third-order valence-electron chi connectivity index (χ3n) is 1.39. The molecule has 1 aromatic carbocycles. The lowest BCUT2D eigenvalue weighted by atomic mass is 10.2. The van der Waals surface area contributed by atoms with Gasteiger partial charge in [-0.2, -0.15) is 5.26 Å². The molecule has 1 rings (SSSR count). The summed E-state index contributed by atoms with van der Waals surface area (Å²) in [6, 6.07) is 4.50. The highest BCUT2D eigenvalue weighted by molar-refractivity contribution is 9.10. The summed E-state index contributed by atoms with van der Waals surface area (Å²) >= 11 is 2.95. The number of hydrogen-bond donors (Lipinski definition) is 0. The topological polar surface area (TPSA) is 33.0 Å². The van der Waals surface area contributed by atoms with Crippen LogP contribution in [0.4, 0.5) is 4.39 Å². The van der Waals surface area contributed by atoms with Crippen LogP contribution >= 0.6 is 15.9 Å². The molecular formula is C8H5BrFNO. The molecule has 0 saturated carbocycles. The number of halogens is 2. The Labute approximate surface area is 77.7 Å². The van der Waals surface area contributed by atoms with Gasteiger partial charge >= 0.3 is 0 Å². The minimum absolute atomic E-state index is 0.143. The summed E-state index contributed by atoms with van der Waals surface area (Å²) < 4.78 is 17.8. The quantitative estimate of drug-likeness (QED) is 0.742. The zero-order valence-electron chi connectivity index (χ0n) is 6.27. The predicted molar refractivity (Wildman–Crippen MR) is 45.4 cm³/mol. The van der Waals surface area contributed by atoms with Crippen molar-refractivity contribution in [3.8, 4) is 11.8 Å². The molecule has 0 aliphatic carbocycles. The minimum atomic E-state index is -0.465. The summed E-state index contributed by atoms with van der Waals surface area (Å²) in [6.07, 6.45) is 0. The normalized spacial score (nSPS) is 9.17. The summed E-state index contributed by atoms with van der Waals surface area (Å²) in [5.41, 5.74) is 0.178. The minimum Gasteiger partial charge on any atom is -0.495 e. The molecule has 0 saturated heterocycles. The Morgan fingerprint density at radius 2 is 2.25 bits per heavy atom. The van der Waals surface area contributed by atoms with E-state index < -0.39 is 5.82 Å². The van der Waals surface area contributed by atoms with Gasteiger partial charge in [0.2, 0.25) is 0 Å². The fraction of sp³-hybridized carbons (Fsp3) is 0.125. The van der Waals surface area contributed by atoms with E-state index in [1.807, 2.05) is 6.07 Å². The summed E-state index contributed by atoms with van der Waals surface area (Å²) in [4.78, 5) is 0. The first-order chi connectivity index (χ1) is 5.70. The van der Waals surface area contributed by atoms with E-state index in [9.17, 15) is 4.39 Å². The first kappa shape index (κ1) is 9.01. The van der Waals surface area contributed by atoms with Crippen molar-refractivity contribution in [2.24, 2.45) is 0 Å². The molecule has 2 nitrogen and oxygen atoms in total. The van der Waals surface area contributed by atoms with Gasteiger partial charge in [-0.1, -0.05) is 0 Å². The number of benzene rings is 1. The average Bonchev–Trinajstić information content (AvgIpc) is 2.09. The van der Waals surface area contributed by atoms with Crippen molar-refractivity contribution < 1.29 is 9.13 Å². The molecule has 0 bridgehead atoms. The standard InChI is InChI=1S/C8H5BrFNO/c1-12-7-3-2-6(10)8(9)5(7)4-11/h2-3H,1H3. The van der Waals surface area contributed by atoms with Gasteiger partial charge in [0.15, 0.2) is 0 Å². The summed E-state index contributed by atoms with van der Waals surface area (Å²) in [7, 11) is 1.43. The van der Waals surface area contributed by atoms with Crippen LogP contribution in [-0.4, -0.2) is 7.11 Å². The highest BCUT2D eigenvalue weighted by atomic mass is 79.9.